The highest BCUT2D eigenvalue weighted by molar-refractivity contribution is 7.18. The SMILES string of the molecule is O=c1[nH]c(Cc2ccccc2)nc2sc3c(c12)CCCC3. The number of aryl methyl sites for hydroxylation is 2. The topological polar surface area (TPSA) is 45.8 Å². The van der Waals surface area contributed by atoms with Gasteiger partial charge in [0.2, 0.25) is 0 Å². The number of fused-ring (bicyclic) bond motifs is 3. The number of thiophene rings is 1. The number of hydrogen-bond acceptors (Lipinski definition) is 3. The van der Waals surface area contributed by atoms with E-state index in [4.69, 9.17) is 4.98 Å². The zero-order valence-corrected chi connectivity index (χ0v) is 12.5. The van der Waals surface area contributed by atoms with Gasteiger partial charge >= 0.3 is 0 Å². The van der Waals surface area contributed by atoms with Crippen LogP contribution in [0.5, 0.6) is 0 Å². The van der Waals surface area contributed by atoms with Crippen molar-refractivity contribution in [1.29, 1.82) is 0 Å². The molecule has 4 rings (SSSR count). The van der Waals surface area contributed by atoms with Crippen LogP contribution in [0.4, 0.5) is 0 Å². The maximum Gasteiger partial charge on any atom is 0.259 e. The van der Waals surface area contributed by atoms with Gasteiger partial charge in [-0.25, -0.2) is 4.98 Å². The Balaban J connectivity index is 1.81. The predicted molar refractivity (Wildman–Crippen MR) is 86.1 cm³/mol. The summed E-state index contributed by atoms with van der Waals surface area (Å²) in [6, 6.07) is 10.1. The Morgan fingerprint density at radius 2 is 1.95 bits per heavy atom. The van der Waals surface area contributed by atoms with Crippen molar-refractivity contribution in [3.63, 3.8) is 0 Å². The fraction of sp³-hybridized carbons (Fsp3) is 0.294. The molecule has 2 heterocycles. The Morgan fingerprint density at radius 3 is 2.81 bits per heavy atom. The summed E-state index contributed by atoms with van der Waals surface area (Å²) in [5, 5.41) is 0.839. The average molecular weight is 296 g/mol. The van der Waals surface area contributed by atoms with Crippen LogP contribution in [-0.2, 0) is 19.3 Å². The van der Waals surface area contributed by atoms with E-state index >= 15 is 0 Å². The molecule has 3 nitrogen and oxygen atoms in total. The third-order valence-electron chi connectivity index (χ3n) is 4.09. The normalized spacial score (nSPS) is 14.3. The molecule has 0 amide bonds. The summed E-state index contributed by atoms with van der Waals surface area (Å²) in [5.74, 6) is 0.761. The van der Waals surface area contributed by atoms with Gasteiger partial charge in [0.15, 0.2) is 0 Å². The number of aromatic amines is 1. The smallest absolute Gasteiger partial charge is 0.259 e. The van der Waals surface area contributed by atoms with Gasteiger partial charge in [-0.15, -0.1) is 11.3 Å². The van der Waals surface area contributed by atoms with Crippen molar-refractivity contribution in [1.82, 2.24) is 9.97 Å². The first-order valence-corrected chi connectivity index (χ1v) is 8.20. The molecule has 0 saturated carbocycles. The molecule has 4 heteroatoms. The molecule has 106 valence electrons. The summed E-state index contributed by atoms with van der Waals surface area (Å²) in [6.07, 6.45) is 5.22. The van der Waals surface area contributed by atoms with Crippen molar-refractivity contribution >= 4 is 21.6 Å². The number of benzene rings is 1. The second-order valence-electron chi connectivity index (χ2n) is 5.57. The molecule has 0 saturated heterocycles. The lowest BCUT2D eigenvalue weighted by Crippen LogP contribution is -2.13. The highest BCUT2D eigenvalue weighted by Crippen LogP contribution is 2.33. The predicted octanol–water partition coefficient (Wildman–Crippen LogP) is 3.45. The summed E-state index contributed by atoms with van der Waals surface area (Å²) in [6.45, 7) is 0. The fourth-order valence-electron chi connectivity index (χ4n) is 3.08. The first-order chi connectivity index (χ1) is 10.3. The lowest BCUT2D eigenvalue weighted by molar-refractivity contribution is 0.700. The van der Waals surface area contributed by atoms with Crippen molar-refractivity contribution in [2.75, 3.05) is 0 Å². The van der Waals surface area contributed by atoms with Crippen molar-refractivity contribution in [2.24, 2.45) is 0 Å². The minimum Gasteiger partial charge on any atom is -0.310 e. The lowest BCUT2D eigenvalue weighted by Gasteiger charge is -2.09. The first kappa shape index (κ1) is 12.8. The number of hydrogen-bond donors (Lipinski definition) is 1. The van der Waals surface area contributed by atoms with Crippen LogP contribution in [0.3, 0.4) is 0 Å². The van der Waals surface area contributed by atoms with Crippen molar-refractivity contribution in [3.8, 4) is 0 Å². The Kier molecular flexibility index (Phi) is 3.11. The Morgan fingerprint density at radius 1 is 1.14 bits per heavy atom. The number of H-pyrrole nitrogens is 1. The molecule has 0 aliphatic heterocycles. The quantitative estimate of drug-likeness (QED) is 0.787. The Bertz CT molecular complexity index is 848. The van der Waals surface area contributed by atoms with Gasteiger partial charge in [-0.1, -0.05) is 30.3 Å². The van der Waals surface area contributed by atoms with E-state index in [1.807, 2.05) is 18.2 Å². The highest BCUT2D eigenvalue weighted by atomic mass is 32.1. The van der Waals surface area contributed by atoms with E-state index in [9.17, 15) is 4.79 Å². The molecule has 1 aliphatic carbocycles. The second kappa shape index (κ2) is 5.11. The van der Waals surface area contributed by atoms with E-state index in [1.165, 1.54) is 28.8 Å². The second-order valence-corrected chi connectivity index (χ2v) is 6.65. The number of nitrogens with one attached hydrogen (secondary N) is 1. The zero-order chi connectivity index (χ0) is 14.2. The first-order valence-electron chi connectivity index (χ1n) is 7.38. The molecule has 0 bridgehead atoms. The third-order valence-corrected chi connectivity index (χ3v) is 5.27. The zero-order valence-electron chi connectivity index (χ0n) is 11.7. The Hall–Kier alpha value is -1.94. The third kappa shape index (κ3) is 2.29. The van der Waals surface area contributed by atoms with Crippen LogP contribution < -0.4 is 5.56 Å². The molecule has 1 aromatic carbocycles. The van der Waals surface area contributed by atoms with Gasteiger partial charge < -0.3 is 4.98 Å². The van der Waals surface area contributed by atoms with Crippen LogP contribution in [-0.4, -0.2) is 9.97 Å². The average Bonchev–Trinajstić information content (AvgIpc) is 2.87. The summed E-state index contributed by atoms with van der Waals surface area (Å²) in [4.78, 5) is 22.4. The van der Waals surface area contributed by atoms with Gasteiger partial charge in [0.1, 0.15) is 10.7 Å². The number of rotatable bonds is 2. The van der Waals surface area contributed by atoms with E-state index in [1.54, 1.807) is 11.3 Å². The molecular weight excluding hydrogens is 280 g/mol. The number of aromatic nitrogens is 2. The minimum atomic E-state index is 0.0327. The van der Waals surface area contributed by atoms with Gasteiger partial charge in [-0.2, -0.15) is 0 Å². The molecule has 3 aromatic rings. The number of nitrogens with zero attached hydrogens (tertiary/aromatic N) is 1. The standard InChI is InChI=1S/C17H16N2OS/c20-16-15-12-8-4-5-9-13(12)21-17(15)19-14(18-16)10-11-6-2-1-3-7-11/h1-3,6-7H,4-5,8-10H2,(H,18,19,20). The maximum absolute atomic E-state index is 12.4. The summed E-state index contributed by atoms with van der Waals surface area (Å²) < 4.78 is 0. The Labute approximate surface area is 126 Å². The summed E-state index contributed by atoms with van der Waals surface area (Å²) in [5.41, 5.74) is 2.45. The van der Waals surface area contributed by atoms with E-state index in [0.29, 0.717) is 6.42 Å². The molecule has 1 N–H and O–H groups in total. The van der Waals surface area contributed by atoms with Gasteiger partial charge in [0, 0.05) is 11.3 Å². The molecule has 2 aromatic heterocycles. The maximum atomic E-state index is 12.4. The van der Waals surface area contributed by atoms with Gasteiger partial charge in [0.05, 0.1) is 5.39 Å². The summed E-state index contributed by atoms with van der Waals surface area (Å²) >= 11 is 1.71. The monoisotopic (exact) mass is 296 g/mol. The van der Waals surface area contributed by atoms with Crippen LogP contribution in [0.25, 0.3) is 10.2 Å². The molecule has 0 fully saturated rings. The molecule has 0 radical (unpaired) electrons. The minimum absolute atomic E-state index is 0.0327. The van der Waals surface area contributed by atoms with Crippen molar-refractivity contribution < 1.29 is 0 Å². The van der Waals surface area contributed by atoms with E-state index in [2.05, 4.69) is 17.1 Å². The van der Waals surface area contributed by atoms with Gasteiger partial charge in [-0.05, 0) is 36.8 Å². The summed E-state index contributed by atoms with van der Waals surface area (Å²) in [7, 11) is 0. The van der Waals surface area contributed by atoms with E-state index in [-0.39, 0.29) is 5.56 Å². The van der Waals surface area contributed by atoms with Crippen LogP contribution in [0.1, 0.15) is 34.7 Å². The molecule has 0 spiro atoms. The van der Waals surface area contributed by atoms with E-state index < -0.39 is 0 Å². The molecule has 21 heavy (non-hydrogen) atoms. The van der Waals surface area contributed by atoms with Gasteiger partial charge in [0.25, 0.3) is 5.56 Å². The van der Waals surface area contributed by atoms with Crippen LogP contribution in [0, 0.1) is 0 Å². The molecule has 1 aliphatic rings. The van der Waals surface area contributed by atoms with Gasteiger partial charge in [-0.3, -0.25) is 4.79 Å². The van der Waals surface area contributed by atoms with E-state index in [0.717, 1.165) is 28.9 Å². The lowest BCUT2D eigenvalue weighted by atomic mass is 9.97. The molecule has 0 atom stereocenters. The highest BCUT2D eigenvalue weighted by Gasteiger charge is 2.19. The van der Waals surface area contributed by atoms with Crippen molar-refractivity contribution in [3.05, 3.63) is 62.5 Å². The fourth-order valence-corrected chi connectivity index (χ4v) is 4.36. The van der Waals surface area contributed by atoms with Crippen molar-refractivity contribution in [2.45, 2.75) is 32.1 Å². The van der Waals surface area contributed by atoms with Crippen LogP contribution in [0.15, 0.2) is 35.1 Å². The van der Waals surface area contributed by atoms with Crippen LogP contribution in [0.2, 0.25) is 0 Å². The molecular formula is C17H16N2OS. The molecule has 0 unspecified atom stereocenters. The largest absolute Gasteiger partial charge is 0.310 e. The van der Waals surface area contributed by atoms with Crippen LogP contribution >= 0.6 is 11.3 Å².